The monoisotopic (exact) mass is 285 g/mol. The average molecular weight is 286 g/mol. The number of aromatic nitrogens is 1. The van der Waals surface area contributed by atoms with Gasteiger partial charge in [-0.3, -0.25) is 4.98 Å². The fraction of sp³-hybridized carbons (Fsp3) is 0.100. The van der Waals surface area contributed by atoms with E-state index in [-0.39, 0.29) is 0 Å². The molecule has 14 heavy (non-hydrogen) atoms. The number of nitrogens with zero attached hydrogens (tertiary/aromatic N) is 1. The van der Waals surface area contributed by atoms with Crippen molar-refractivity contribution in [1.82, 2.24) is 4.98 Å². The lowest BCUT2D eigenvalue weighted by molar-refractivity contribution is 1.26. The largest absolute Gasteiger partial charge is 0.265 e. The maximum Gasteiger partial charge on any atom is 0.0326 e. The van der Waals surface area contributed by atoms with Gasteiger partial charge in [-0.25, -0.2) is 0 Å². The van der Waals surface area contributed by atoms with Crippen molar-refractivity contribution >= 4 is 39.0 Å². The maximum atomic E-state index is 3.99. The summed E-state index contributed by atoms with van der Waals surface area (Å²) < 4.78 is 1.17. The van der Waals surface area contributed by atoms with Crippen LogP contribution in [0, 0.1) is 0 Å². The lowest BCUT2D eigenvalue weighted by Gasteiger charge is -1.97. The molecule has 72 valence electrons. The van der Waals surface area contributed by atoms with E-state index in [1.165, 1.54) is 14.2 Å². The molecule has 0 aromatic carbocycles. The highest BCUT2D eigenvalue weighted by atomic mass is 79.9. The van der Waals surface area contributed by atoms with Crippen LogP contribution in [0.25, 0.3) is 0 Å². The van der Waals surface area contributed by atoms with E-state index in [1.54, 1.807) is 11.3 Å². The highest BCUT2D eigenvalue weighted by Gasteiger charge is 1.98. The van der Waals surface area contributed by atoms with E-state index in [0.717, 1.165) is 5.75 Å². The molecule has 0 bridgehead atoms. The van der Waals surface area contributed by atoms with E-state index < -0.39 is 0 Å². The maximum absolute atomic E-state index is 3.99. The van der Waals surface area contributed by atoms with Crippen LogP contribution in [0.2, 0.25) is 0 Å². The van der Waals surface area contributed by atoms with Gasteiger partial charge in [0.1, 0.15) is 0 Å². The van der Waals surface area contributed by atoms with Gasteiger partial charge in [0.05, 0.1) is 0 Å². The summed E-state index contributed by atoms with van der Waals surface area (Å²) in [6.07, 6.45) is 3.65. The Balaban J connectivity index is 1.95. The summed E-state index contributed by atoms with van der Waals surface area (Å²) in [5, 5.41) is 2.11. The number of halogens is 1. The van der Waals surface area contributed by atoms with Crippen molar-refractivity contribution in [2.24, 2.45) is 0 Å². The van der Waals surface area contributed by atoms with E-state index in [4.69, 9.17) is 0 Å². The molecule has 0 saturated carbocycles. The Kier molecular flexibility index (Phi) is 3.61. The molecule has 2 aromatic rings. The number of hydrogen-bond donors (Lipinski definition) is 0. The lowest BCUT2D eigenvalue weighted by Crippen LogP contribution is -1.75. The molecule has 0 N–H and O–H groups in total. The van der Waals surface area contributed by atoms with Gasteiger partial charge >= 0.3 is 0 Å². The molecule has 0 aliphatic carbocycles. The van der Waals surface area contributed by atoms with Gasteiger partial charge in [-0.05, 0) is 34.1 Å². The molecule has 0 aliphatic rings. The van der Waals surface area contributed by atoms with Gasteiger partial charge in [0.15, 0.2) is 0 Å². The first kappa shape index (κ1) is 10.2. The Morgan fingerprint density at radius 3 is 2.79 bits per heavy atom. The first-order valence-corrected chi connectivity index (χ1v) is 6.76. The average Bonchev–Trinajstić information content (AvgIpc) is 2.63. The van der Waals surface area contributed by atoms with Crippen molar-refractivity contribution in [3.05, 3.63) is 45.3 Å². The Labute approximate surface area is 99.7 Å². The molecular weight excluding hydrogens is 278 g/mol. The summed E-state index contributed by atoms with van der Waals surface area (Å²) in [4.78, 5) is 6.64. The van der Waals surface area contributed by atoms with Gasteiger partial charge in [-0.1, -0.05) is 0 Å². The van der Waals surface area contributed by atoms with Gasteiger partial charge in [0, 0.05) is 37.8 Å². The number of thioether (sulfide) groups is 1. The quantitative estimate of drug-likeness (QED) is 0.784. The van der Waals surface area contributed by atoms with E-state index in [2.05, 4.69) is 32.4 Å². The van der Waals surface area contributed by atoms with Crippen LogP contribution in [0.15, 0.2) is 45.3 Å². The van der Waals surface area contributed by atoms with Gasteiger partial charge in [0.2, 0.25) is 0 Å². The van der Waals surface area contributed by atoms with Crippen molar-refractivity contribution in [3.8, 4) is 0 Å². The van der Waals surface area contributed by atoms with Crippen LogP contribution in [0.1, 0.15) is 4.88 Å². The second kappa shape index (κ2) is 4.96. The molecule has 0 amide bonds. The van der Waals surface area contributed by atoms with Crippen molar-refractivity contribution in [2.75, 3.05) is 0 Å². The minimum absolute atomic E-state index is 1.03. The van der Waals surface area contributed by atoms with Crippen LogP contribution in [0.4, 0.5) is 0 Å². The third kappa shape index (κ3) is 2.83. The SMILES string of the molecule is Brc1csc(CSc2ccncc2)c1. The molecule has 2 aromatic heterocycles. The second-order valence-corrected chi connectivity index (χ2v) is 5.66. The number of pyridine rings is 1. The first-order chi connectivity index (χ1) is 6.84. The normalized spacial score (nSPS) is 10.4. The summed E-state index contributed by atoms with van der Waals surface area (Å²) in [5.74, 6) is 1.03. The highest BCUT2D eigenvalue weighted by molar-refractivity contribution is 9.10. The molecule has 2 rings (SSSR count). The number of rotatable bonds is 3. The molecule has 1 nitrogen and oxygen atoms in total. The summed E-state index contributed by atoms with van der Waals surface area (Å²) in [7, 11) is 0. The first-order valence-electron chi connectivity index (χ1n) is 4.10. The molecule has 0 spiro atoms. The van der Waals surface area contributed by atoms with Crippen LogP contribution in [-0.4, -0.2) is 4.98 Å². The molecule has 0 saturated heterocycles. The molecule has 0 unspecified atom stereocenters. The Hall–Kier alpha value is -0.320. The third-order valence-electron chi connectivity index (χ3n) is 1.65. The minimum Gasteiger partial charge on any atom is -0.265 e. The number of hydrogen-bond acceptors (Lipinski definition) is 3. The minimum atomic E-state index is 1.03. The number of thiophene rings is 1. The Morgan fingerprint density at radius 1 is 1.36 bits per heavy atom. The van der Waals surface area contributed by atoms with E-state index in [0.29, 0.717) is 0 Å². The third-order valence-corrected chi connectivity index (χ3v) is 4.59. The fourth-order valence-corrected chi connectivity index (χ4v) is 3.41. The fourth-order valence-electron chi connectivity index (χ4n) is 1.02. The summed E-state index contributed by atoms with van der Waals surface area (Å²) in [6.45, 7) is 0. The second-order valence-electron chi connectivity index (χ2n) is 2.70. The zero-order valence-electron chi connectivity index (χ0n) is 7.31. The van der Waals surface area contributed by atoms with Crippen LogP contribution in [-0.2, 0) is 5.75 Å². The van der Waals surface area contributed by atoms with Crippen LogP contribution in [0.3, 0.4) is 0 Å². The van der Waals surface area contributed by atoms with Crippen LogP contribution >= 0.6 is 39.0 Å². The van der Waals surface area contributed by atoms with Crippen molar-refractivity contribution < 1.29 is 0 Å². The van der Waals surface area contributed by atoms with E-state index in [1.807, 2.05) is 36.3 Å². The molecule has 0 fully saturated rings. The van der Waals surface area contributed by atoms with Crippen molar-refractivity contribution in [3.63, 3.8) is 0 Å². The standard InChI is InChI=1S/C10H8BrNS2/c11-8-5-10(13-6-8)7-14-9-1-3-12-4-2-9/h1-6H,7H2. The molecule has 0 aliphatic heterocycles. The van der Waals surface area contributed by atoms with Crippen LogP contribution < -0.4 is 0 Å². The highest BCUT2D eigenvalue weighted by Crippen LogP contribution is 2.27. The Bertz CT molecular complexity index is 400. The van der Waals surface area contributed by atoms with Crippen LogP contribution in [0.5, 0.6) is 0 Å². The predicted octanol–water partition coefficient (Wildman–Crippen LogP) is 4.20. The zero-order valence-corrected chi connectivity index (χ0v) is 10.5. The van der Waals surface area contributed by atoms with Gasteiger partial charge in [0.25, 0.3) is 0 Å². The molecule has 4 heteroatoms. The Morgan fingerprint density at radius 2 is 2.14 bits per heavy atom. The van der Waals surface area contributed by atoms with Gasteiger partial charge < -0.3 is 0 Å². The zero-order chi connectivity index (χ0) is 9.80. The summed E-state index contributed by atoms with van der Waals surface area (Å²) in [6, 6.07) is 6.24. The van der Waals surface area contributed by atoms with Crippen molar-refractivity contribution in [2.45, 2.75) is 10.6 Å². The summed E-state index contributed by atoms with van der Waals surface area (Å²) in [5.41, 5.74) is 0. The van der Waals surface area contributed by atoms with Gasteiger partial charge in [-0.2, -0.15) is 0 Å². The predicted molar refractivity (Wildman–Crippen MR) is 65.8 cm³/mol. The molecule has 0 atom stereocenters. The molecule has 2 heterocycles. The van der Waals surface area contributed by atoms with Gasteiger partial charge in [-0.15, -0.1) is 23.1 Å². The van der Waals surface area contributed by atoms with E-state index >= 15 is 0 Å². The molecule has 0 radical (unpaired) electrons. The lowest BCUT2D eigenvalue weighted by atomic mass is 10.5. The smallest absolute Gasteiger partial charge is 0.0326 e. The van der Waals surface area contributed by atoms with E-state index in [9.17, 15) is 0 Å². The van der Waals surface area contributed by atoms with Crippen molar-refractivity contribution in [1.29, 1.82) is 0 Å². The topological polar surface area (TPSA) is 12.9 Å². The summed E-state index contributed by atoms with van der Waals surface area (Å²) >= 11 is 7.07. The molecular formula is C10H8BrNS2.